The van der Waals surface area contributed by atoms with E-state index in [0.29, 0.717) is 16.8 Å². The molecule has 0 radical (unpaired) electrons. The molecule has 1 unspecified atom stereocenters. The van der Waals surface area contributed by atoms with Gasteiger partial charge in [0, 0.05) is 9.50 Å². The largest absolute Gasteiger partial charge is 0.419 e. The summed E-state index contributed by atoms with van der Waals surface area (Å²) in [5.74, 6) is 0.840. The maximum atomic E-state index is 5.84. The van der Waals surface area contributed by atoms with Gasteiger partial charge in [-0.25, -0.2) is 0 Å². The summed E-state index contributed by atoms with van der Waals surface area (Å²) >= 11 is 9.23. The molecular formula is C10H9BrClN3O. The third kappa shape index (κ3) is 2.26. The fraction of sp³-hybridized carbons (Fsp3) is 0.200. The minimum absolute atomic E-state index is 0.271. The Bertz CT molecular complexity index is 513. The van der Waals surface area contributed by atoms with Crippen molar-refractivity contribution in [2.45, 2.75) is 13.0 Å². The van der Waals surface area contributed by atoms with Crippen LogP contribution in [0.25, 0.3) is 11.5 Å². The van der Waals surface area contributed by atoms with Crippen LogP contribution in [0.15, 0.2) is 27.1 Å². The maximum absolute atomic E-state index is 5.84. The molecule has 16 heavy (non-hydrogen) atoms. The standard InChI is InChI=1S/C10H9BrClN3O/c1-5(13)9-14-15-10(16-9)7-3-2-6(12)4-8(7)11/h2-5H,13H2,1H3. The zero-order valence-electron chi connectivity index (χ0n) is 8.45. The van der Waals surface area contributed by atoms with Crippen LogP contribution in [-0.4, -0.2) is 10.2 Å². The Morgan fingerprint density at radius 2 is 2.19 bits per heavy atom. The lowest BCUT2D eigenvalue weighted by Crippen LogP contribution is -2.04. The molecule has 0 amide bonds. The van der Waals surface area contributed by atoms with Crippen LogP contribution in [0.5, 0.6) is 0 Å². The van der Waals surface area contributed by atoms with E-state index in [9.17, 15) is 0 Å². The first-order valence-electron chi connectivity index (χ1n) is 4.62. The van der Waals surface area contributed by atoms with Crippen LogP contribution in [-0.2, 0) is 0 Å². The smallest absolute Gasteiger partial charge is 0.248 e. The lowest BCUT2D eigenvalue weighted by molar-refractivity contribution is 0.473. The quantitative estimate of drug-likeness (QED) is 0.925. The molecule has 0 spiro atoms. The van der Waals surface area contributed by atoms with Gasteiger partial charge in [-0.2, -0.15) is 0 Å². The summed E-state index contributed by atoms with van der Waals surface area (Å²) in [5.41, 5.74) is 6.43. The van der Waals surface area contributed by atoms with Crippen LogP contribution < -0.4 is 5.73 Å². The Hall–Kier alpha value is -0.910. The molecule has 2 rings (SSSR count). The summed E-state index contributed by atoms with van der Waals surface area (Å²) in [4.78, 5) is 0. The van der Waals surface area contributed by atoms with Crippen molar-refractivity contribution in [1.29, 1.82) is 0 Å². The van der Waals surface area contributed by atoms with Crippen LogP contribution in [0.4, 0.5) is 0 Å². The van der Waals surface area contributed by atoms with Crippen LogP contribution >= 0.6 is 27.5 Å². The molecule has 2 N–H and O–H groups in total. The first-order chi connectivity index (χ1) is 7.58. The van der Waals surface area contributed by atoms with E-state index in [0.717, 1.165) is 10.0 Å². The van der Waals surface area contributed by atoms with Crippen molar-refractivity contribution in [1.82, 2.24) is 10.2 Å². The van der Waals surface area contributed by atoms with Gasteiger partial charge >= 0.3 is 0 Å². The number of halogens is 2. The number of hydrogen-bond donors (Lipinski definition) is 1. The molecule has 4 nitrogen and oxygen atoms in total. The van der Waals surface area contributed by atoms with Crippen LogP contribution in [0, 0.1) is 0 Å². The summed E-state index contributed by atoms with van der Waals surface area (Å²) < 4.78 is 6.24. The Morgan fingerprint density at radius 1 is 1.44 bits per heavy atom. The molecule has 0 aliphatic rings. The van der Waals surface area contributed by atoms with Gasteiger partial charge in [0.25, 0.3) is 0 Å². The van der Waals surface area contributed by atoms with Gasteiger partial charge in [-0.1, -0.05) is 11.6 Å². The lowest BCUT2D eigenvalue weighted by Gasteiger charge is -1.99. The van der Waals surface area contributed by atoms with Gasteiger partial charge in [-0.3, -0.25) is 0 Å². The summed E-state index contributed by atoms with van der Waals surface area (Å²) in [5, 5.41) is 8.43. The third-order valence-electron chi connectivity index (χ3n) is 1.99. The molecular weight excluding hydrogens is 293 g/mol. The van der Waals surface area contributed by atoms with E-state index in [2.05, 4.69) is 26.1 Å². The van der Waals surface area contributed by atoms with Gasteiger partial charge in [-0.05, 0) is 41.1 Å². The van der Waals surface area contributed by atoms with Gasteiger partial charge in [0.15, 0.2) is 0 Å². The Balaban J connectivity index is 2.42. The zero-order valence-corrected chi connectivity index (χ0v) is 10.8. The van der Waals surface area contributed by atoms with Gasteiger partial charge in [0.1, 0.15) is 0 Å². The highest BCUT2D eigenvalue weighted by atomic mass is 79.9. The number of nitrogens with two attached hydrogens (primary N) is 1. The number of nitrogens with zero attached hydrogens (tertiary/aromatic N) is 2. The van der Waals surface area contributed by atoms with E-state index in [-0.39, 0.29) is 6.04 Å². The highest BCUT2D eigenvalue weighted by Gasteiger charge is 2.13. The van der Waals surface area contributed by atoms with Crippen molar-refractivity contribution in [2.24, 2.45) is 5.73 Å². The predicted molar refractivity (Wildman–Crippen MR) is 65.0 cm³/mol. The van der Waals surface area contributed by atoms with Gasteiger partial charge < -0.3 is 10.2 Å². The van der Waals surface area contributed by atoms with Crippen LogP contribution in [0.2, 0.25) is 5.02 Å². The number of hydrogen-bond acceptors (Lipinski definition) is 4. The van der Waals surface area contributed by atoms with Crippen molar-refractivity contribution in [3.8, 4) is 11.5 Å². The van der Waals surface area contributed by atoms with Gasteiger partial charge in [0.05, 0.1) is 11.6 Å². The topological polar surface area (TPSA) is 64.9 Å². The molecule has 0 aliphatic heterocycles. The maximum Gasteiger partial charge on any atom is 0.248 e. The number of rotatable bonds is 2. The third-order valence-corrected chi connectivity index (χ3v) is 2.88. The fourth-order valence-electron chi connectivity index (χ4n) is 1.19. The average Bonchev–Trinajstić information content (AvgIpc) is 2.66. The second-order valence-electron chi connectivity index (χ2n) is 3.36. The highest BCUT2D eigenvalue weighted by Crippen LogP contribution is 2.30. The summed E-state index contributed by atoms with van der Waals surface area (Å²) in [7, 11) is 0. The summed E-state index contributed by atoms with van der Waals surface area (Å²) in [6.07, 6.45) is 0. The molecule has 6 heteroatoms. The van der Waals surface area contributed by atoms with Crippen molar-refractivity contribution in [2.75, 3.05) is 0 Å². The van der Waals surface area contributed by atoms with Crippen molar-refractivity contribution >= 4 is 27.5 Å². The summed E-state index contributed by atoms with van der Waals surface area (Å²) in [6, 6.07) is 5.07. The minimum Gasteiger partial charge on any atom is -0.419 e. The van der Waals surface area contributed by atoms with Crippen molar-refractivity contribution in [3.63, 3.8) is 0 Å². The predicted octanol–water partition coefficient (Wildman–Crippen LogP) is 3.17. The van der Waals surface area contributed by atoms with E-state index in [1.165, 1.54) is 0 Å². The number of aromatic nitrogens is 2. The Kier molecular flexibility index (Phi) is 3.28. The molecule has 1 heterocycles. The van der Waals surface area contributed by atoms with E-state index in [1.807, 2.05) is 6.07 Å². The van der Waals surface area contributed by atoms with Gasteiger partial charge in [0.2, 0.25) is 11.8 Å². The second-order valence-corrected chi connectivity index (χ2v) is 4.65. The SMILES string of the molecule is CC(N)c1nnc(-c2ccc(Cl)cc2Br)o1. The second kappa shape index (κ2) is 4.53. The molecule has 2 aromatic rings. The lowest BCUT2D eigenvalue weighted by atomic mass is 10.2. The summed E-state index contributed by atoms with van der Waals surface area (Å²) in [6.45, 7) is 1.79. The molecule has 1 aromatic carbocycles. The Labute approximate surface area is 106 Å². The van der Waals surface area contributed by atoms with E-state index in [4.69, 9.17) is 21.8 Å². The van der Waals surface area contributed by atoms with Crippen molar-refractivity contribution in [3.05, 3.63) is 33.6 Å². The van der Waals surface area contributed by atoms with E-state index < -0.39 is 0 Å². The van der Waals surface area contributed by atoms with Crippen LogP contribution in [0.3, 0.4) is 0 Å². The molecule has 0 saturated carbocycles. The first kappa shape index (κ1) is 11.6. The average molecular weight is 303 g/mol. The fourth-order valence-corrected chi connectivity index (χ4v) is 2.04. The molecule has 0 bridgehead atoms. The molecule has 1 aromatic heterocycles. The van der Waals surface area contributed by atoms with Crippen LogP contribution in [0.1, 0.15) is 18.9 Å². The number of benzene rings is 1. The van der Waals surface area contributed by atoms with E-state index in [1.54, 1.807) is 19.1 Å². The zero-order chi connectivity index (χ0) is 11.7. The van der Waals surface area contributed by atoms with Crippen molar-refractivity contribution < 1.29 is 4.42 Å². The highest BCUT2D eigenvalue weighted by molar-refractivity contribution is 9.10. The normalized spacial score (nSPS) is 12.8. The minimum atomic E-state index is -0.271. The van der Waals surface area contributed by atoms with E-state index >= 15 is 0 Å². The molecule has 0 fully saturated rings. The first-order valence-corrected chi connectivity index (χ1v) is 5.79. The van der Waals surface area contributed by atoms with Gasteiger partial charge in [-0.15, -0.1) is 10.2 Å². The molecule has 0 saturated heterocycles. The Morgan fingerprint density at radius 3 is 2.75 bits per heavy atom. The molecule has 1 atom stereocenters. The molecule has 84 valence electrons. The monoisotopic (exact) mass is 301 g/mol. The molecule has 0 aliphatic carbocycles.